The fourth-order valence-electron chi connectivity index (χ4n) is 2.14. The number of carbonyl (C=O) groups is 1. The first-order valence-electron chi connectivity index (χ1n) is 6.64. The predicted molar refractivity (Wildman–Crippen MR) is 86.4 cm³/mol. The highest BCUT2D eigenvalue weighted by Crippen LogP contribution is 2.25. The van der Waals surface area contributed by atoms with Crippen LogP contribution in [0.5, 0.6) is 0 Å². The lowest BCUT2D eigenvalue weighted by molar-refractivity contribution is -0.141. The number of thiophene rings is 1. The molecule has 1 aromatic carbocycles. The zero-order chi connectivity index (χ0) is 14.5. The summed E-state index contributed by atoms with van der Waals surface area (Å²) in [6, 6.07) is 12.0. The second-order valence-electron chi connectivity index (χ2n) is 4.76. The monoisotopic (exact) mass is 352 g/mol. The topological polar surface area (TPSA) is 37.3 Å². The van der Waals surface area contributed by atoms with E-state index in [1.807, 2.05) is 24.3 Å². The first-order valence-corrected chi connectivity index (χ1v) is 8.25. The van der Waals surface area contributed by atoms with Gasteiger partial charge in [-0.1, -0.05) is 41.1 Å². The Balaban J connectivity index is 2.11. The maximum absolute atomic E-state index is 11.5. The average Bonchev–Trinajstić information content (AvgIpc) is 2.88. The summed E-state index contributed by atoms with van der Waals surface area (Å²) in [5, 5.41) is 9.44. The zero-order valence-corrected chi connectivity index (χ0v) is 13.7. The summed E-state index contributed by atoms with van der Waals surface area (Å²) in [5.74, 6) is -1.11. The number of hydrogen-bond donors (Lipinski definition) is 1. The van der Waals surface area contributed by atoms with Crippen molar-refractivity contribution in [3.63, 3.8) is 0 Å². The number of aliphatic carboxylic acids is 1. The quantitative estimate of drug-likeness (QED) is 0.827. The Morgan fingerprint density at radius 3 is 2.50 bits per heavy atom. The fourth-order valence-corrected chi connectivity index (χ4v) is 3.63. The standard InChI is InChI=1S/C16H17BrO2S/c1-2-13-7-8-14(20-13)10-12(16(18)19)9-11-5-3-4-6-15(11)17/h3-8,12H,2,9-10H2,1H3,(H,18,19). The van der Waals surface area contributed by atoms with Crippen molar-refractivity contribution in [2.24, 2.45) is 5.92 Å². The second kappa shape index (κ2) is 7.04. The molecule has 0 aliphatic heterocycles. The first kappa shape index (κ1) is 15.3. The van der Waals surface area contributed by atoms with E-state index in [0.717, 1.165) is 21.3 Å². The van der Waals surface area contributed by atoms with Crippen LogP contribution in [0.1, 0.15) is 22.2 Å². The van der Waals surface area contributed by atoms with E-state index in [1.54, 1.807) is 11.3 Å². The molecule has 0 saturated carbocycles. The van der Waals surface area contributed by atoms with Gasteiger partial charge in [0.05, 0.1) is 5.92 Å². The molecule has 0 aliphatic carbocycles. The largest absolute Gasteiger partial charge is 0.481 e. The van der Waals surface area contributed by atoms with Crippen molar-refractivity contribution in [2.45, 2.75) is 26.2 Å². The fraction of sp³-hybridized carbons (Fsp3) is 0.312. The van der Waals surface area contributed by atoms with Gasteiger partial charge in [-0.15, -0.1) is 11.3 Å². The molecular weight excluding hydrogens is 336 g/mol. The van der Waals surface area contributed by atoms with Gasteiger partial charge in [-0.25, -0.2) is 0 Å². The highest BCUT2D eigenvalue weighted by atomic mass is 79.9. The van der Waals surface area contributed by atoms with E-state index in [2.05, 4.69) is 35.0 Å². The van der Waals surface area contributed by atoms with Crippen LogP contribution >= 0.6 is 27.3 Å². The minimum absolute atomic E-state index is 0.378. The van der Waals surface area contributed by atoms with Gasteiger partial charge in [0.25, 0.3) is 0 Å². The molecule has 0 fully saturated rings. The molecule has 1 atom stereocenters. The molecule has 1 heterocycles. The van der Waals surface area contributed by atoms with Gasteiger partial charge >= 0.3 is 5.97 Å². The molecule has 0 spiro atoms. The Labute approximate surface area is 131 Å². The van der Waals surface area contributed by atoms with E-state index in [9.17, 15) is 9.90 Å². The van der Waals surface area contributed by atoms with Crippen LogP contribution in [0, 0.1) is 5.92 Å². The molecule has 20 heavy (non-hydrogen) atoms. The lowest BCUT2D eigenvalue weighted by Gasteiger charge is -2.12. The summed E-state index contributed by atoms with van der Waals surface area (Å²) in [5.41, 5.74) is 1.05. The minimum atomic E-state index is -0.729. The molecule has 4 heteroatoms. The van der Waals surface area contributed by atoms with Gasteiger partial charge in [0, 0.05) is 14.2 Å². The molecule has 1 aromatic heterocycles. The maximum Gasteiger partial charge on any atom is 0.307 e. The molecule has 2 nitrogen and oxygen atoms in total. The minimum Gasteiger partial charge on any atom is -0.481 e. The number of halogens is 1. The van der Waals surface area contributed by atoms with Crippen LogP contribution in [0.15, 0.2) is 40.9 Å². The highest BCUT2D eigenvalue weighted by molar-refractivity contribution is 9.10. The number of hydrogen-bond acceptors (Lipinski definition) is 2. The number of carboxylic acids is 1. The number of carboxylic acid groups (broad SMARTS) is 1. The van der Waals surface area contributed by atoms with Crippen LogP contribution < -0.4 is 0 Å². The summed E-state index contributed by atoms with van der Waals surface area (Å²) in [6.45, 7) is 2.12. The number of aryl methyl sites for hydroxylation is 1. The Morgan fingerprint density at radius 2 is 1.90 bits per heavy atom. The van der Waals surface area contributed by atoms with Crippen LogP contribution in [0.4, 0.5) is 0 Å². The van der Waals surface area contributed by atoms with Gasteiger partial charge in [0.2, 0.25) is 0 Å². The molecule has 0 aliphatic rings. The van der Waals surface area contributed by atoms with Gasteiger partial charge in [0.1, 0.15) is 0 Å². The second-order valence-corrected chi connectivity index (χ2v) is 6.86. The van der Waals surface area contributed by atoms with Crippen LogP contribution in [0.3, 0.4) is 0 Å². The molecule has 2 aromatic rings. The van der Waals surface area contributed by atoms with Crippen LogP contribution in [-0.4, -0.2) is 11.1 Å². The van der Waals surface area contributed by atoms with Crippen LogP contribution in [0.25, 0.3) is 0 Å². The van der Waals surface area contributed by atoms with Crippen molar-refractivity contribution in [3.8, 4) is 0 Å². The van der Waals surface area contributed by atoms with Crippen molar-refractivity contribution in [2.75, 3.05) is 0 Å². The highest BCUT2D eigenvalue weighted by Gasteiger charge is 2.20. The van der Waals surface area contributed by atoms with Crippen molar-refractivity contribution < 1.29 is 9.90 Å². The third-order valence-corrected chi connectivity index (χ3v) is 5.31. The van der Waals surface area contributed by atoms with Gasteiger partial charge in [-0.3, -0.25) is 4.79 Å². The Bertz CT molecular complexity index is 592. The molecule has 106 valence electrons. The molecular formula is C16H17BrO2S. The average molecular weight is 353 g/mol. The van der Waals surface area contributed by atoms with E-state index in [-0.39, 0.29) is 5.92 Å². The smallest absolute Gasteiger partial charge is 0.307 e. The van der Waals surface area contributed by atoms with Crippen molar-refractivity contribution in [1.82, 2.24) is 0 Å². The summed E-state index contributed by atoms with van der Waals surface area (Å²) in [6.07, 6.45) is 2.16. The van der Waals surface area contributed by atoms with Crippen molar-refractivity contribution in [3.05, 3.63) is 56.2 Å². The third-order valence-electron chi connectivity index (χ3n) is 3.29. The van der Waals surface area contributed by atoms with E-state index >= 15 is 0 Å². The maximum atomic E-state index is 11.5. The number of rotatable bonds is 6. The van der Waals surface area contributed by atoms with E-state index < -0.39 is 5.97 Å². The Kier molecular flexibility index (Phi) is 5.38. The SMILES string of the molecule is CCc1ccc(CC(Cc2ccccc2Br)C(=O)O)s1. The summed E-state index contributed by atoms with van der Waals surface area (Å²) < 4.78 is 0.978. The van der Waals surface area contributed by atoms with Gasteiger partial charge in [-0.05, 0) is 43.0 Å². The van der Waals surface area contributed by atoms with E-state index in [4.69, 9.17) is 0 Å². The molecule has 1 N–H and O–H groups in total. The molecule has 0 saturated heterocycles. The molecule has 2 rings (SSSR count). The molecule has 1 unspecified atom stereocenters. The van der Waals surface area contributed by atoms with Crippen LogP contribution in [0.2, 0.25) is 0 Å². The van der Waals surface area contributed by atoms with Crippen molar-refractivity contribution >= 4 is 33.2 Å². The number of benzene rings is 1. The van der Waals surface area contributed by atoms with Gasteiger partial charge in [-0.2, -0.15) is 0 Å². The summed E-state index contributed by atoms with van der Waals surface area (Å²) in [4.78, 5) is 13.9. The Hall–Kier alpha value is -1.13. The Morgan fingerprint density at radius 1 is 1.20 bits per heavy atom. The predicted octanol–water partition coefficient (Wildman–Crippen LogP) is 4.56. The lowest BCUT2D eigenvalue weighted by Crippen LogP contribution is -2.18. The first-order chi connectivity index (χ1) is 9.60. The van der Waals surface area contributed by atoms with Crippen LogP contribution in [-0.2, 0) is 24.1 Å². The van der Waals surface area contributed by atoms with E-state index in [0.29, 0.717) is 12.8 Å². The third kappa shape index (κ3) is 3.93. The van der Waals surface area contributed by atoms with E-state index in [1.165, 1.54) is 4.88 Å². The molecule has 0 amide bonds. The zero-order valence-electron chi connectivity index (χ0n) is 11.3. The van der Waals surface area contributed by atoms with Crippen molar-refractivity contribution in [1.29, 1.82) is 0 Å². The molecule has 0 radical (unpaired) electrons. The normalized spacial score (nSPS) is 12.3. The molecule has 0 bridgehead atoms. The summed E-state index contributed by atoms with van der Waals surface area (Å²) >= 11 is 5.20. The summed E-state index contributed by atoms with van der Waals surface area (Å²) in [7, 11) is 0. The van der Waals surface area contributed by atoms with Gasteiger partial charge < -0.3 is 5.11 Å². The van der Waals surface area contributed by atoms with Gasteiger partial charge in [0.15, 0.2) is 0 Å². The lowest BCUT2D eigenvalue weighted by atomic mass is 9.95.